The standard InChI is InChI=1S/C13H20FN3S/c1-10(2)16-9-11-3-4-15-13(12(11)14)17-5-7-18-8-6-17/h3-4,10,16H,5-9H2,1-2H3. The number of hydrogen-bond donors (Lipinski definition) is 1. The van der Waals surface area contributed by atoms with Gasteiger partial charge < -0.3 is 10.2 Å². The molecule has 0 atom stereocenters. The summed E-state index contributed by atoms with van der Waals surface area (Å²) in [5, 5.41) is 3.24. The third-order valence-electron chi connectivity index (χ3n) is 2.96. The lowest BCUT2D eigenvalue weighted by molar-refractivity contribution is 0.547. The summed E-state index contributed by atoms with van der Waals surface area (Å²) in [5.74, 6) is 2.45. The van der Waals surface area contributed by atoms with Gasteiger partial charge in [-0.05, 0) is 6.07 Å². The minimum Gasteiger partial charge on any atom is -0.353 e. The zero-order valence-electron chi connectivity index (χ0n) is 10.9. The second-order valence-corrected chi connectivity index (χ2v) is 5.97. The van der Waals surface area contributed by atoms with Crippen molar-refractivity contribution in [2.45, 2.75) is 26.4 Å². The lowest BCUT2D eigenvalue weighted by Crippen LogP contribution is -2.34. The van der Waals surface area contributed by atoms with E-state index < -0.39 is 0 Å². The first-order valence-electron chi connectivity index (χ1n) is 6.38. The molecule has 0 aliphatic carbocycles. The van der Waals surface area contributed by atoms with E-state index in [1.807, 2.05) is 16.7 Å². The van der Waals surface area contributed by atoms with Crippen LogP contribution in [0.15, 0.2) is 12.3 Å². The molecule has 0 spiro atoms. The van der Waals surface area contributed by atoms with Gasteiger partial charge in [-0.15, -0.1) is 0 Å². The number of hydrogen-bond acceptors (Lipinski definition) is 4. The lowest BCUT2D eigenvalue weighted by atomic mass is 10.2. The topological polar surface area (TPSA) is 28.2 Å². The van der Waals surface area contributed by atoms with Gasteiger partial charge >= 0.3 is 0 Å². The van der Waals surface area contributed by atoms with Crippen LogP contribution in [0, 0.1) is 5.82 Å². The van der Waals surface area contributed by atoms with Gasteiger partial charge in [0.15, 0.2) is 11.6 Å². The number of thioether (sulfide) groups is 1. The summed E-state index contributed by atoms with van der Waals surface area (Å²) < 4.78 is 14.4. The van der Waals surface area contributed by atoms with E-state index in [9.17, 15) is 4.39 Å². The highest BCUT2D eigenvalue weighted by molar-refractivity contribution is 7.99. The van der Waals surface area contributed by atoms with Gasteiger partial charge in [0.2, 0.25) is 0 Å². The van der Waals surface area contributed by atoms with Crippen LogP contribution in [0.4, 0.5) is 10.2 Å². The van der Waals surface area contributed by atoms with Crippen molar-refractivity contribution in [3.63, 3.8) is 0 Å². The average molecular weight is 269 g/mol. The SMILES string of the molecule is CC(C)NCc1ccnc(N2CCSCC2)c1F. The Kier molecular flexibility index (Phi) is 4.83. The van der Waals surface area contributed by atoms with Crippen LogP contribution in [0.5, 0.6) is 0 Å². The molecule has 0 bridgehead atoms. The van der Waals surface area contributed by atoms with Crippen molar-refractivity contribution >= 4 is 17.6 Å². The Morgan fingerprint density at radius 1 is 1.44 bits per heavy atom. The van der Waals surface area contributed by atoms with Crippen molar-refractivity contribution in [2.24, 2.45) is 0 Å². The molecule has 2 rings (SSSR count). The number of nitrogens with zero attached hydrogens (tertiary/aromatic N) is 2. The minimum absolute atomic E-state index is 0.169. The predicted molar refractivity (Wildman–Crippen MR) is 75.7 cm³/mol. The van der Waals surface area contributed by atoms with Crippen LogP contribution in [-0.2, 0) is 6.54 Å². The van der Waals surface area contributed by atoms with Gasteiger partial charge in [-0.2, -0.15) is 11.8 Å². The van der Waals surface area contributed by atoms with E-state index in [0.29, 0.717) is 24.0 Å². The summed E-state index contributed by atoms with van der Waals surface area (Å²) >= 11 is 1.91. The summed E-state index contributed by atoms with van der Waals surface area (Å²) in [7, 11) is 0. The summed E-state index contributed by atoms with van der Waals surface area (Å²) in [6.45, 7) is 6.44. The van der Waals surface area contributed by atoms with Crippen LogP contribution in [0.2, 0.25) is 0 Å². The van der Waals surface area contributed by atoms with Crippen molar-refractivity contribution < 1.29 is 4.39 Å². The fourth-order valence-corrected chi connectivity index (χ4v) is 2.82. The van der Waals surface area contributed by atoms with Crippen LogP contribution in [0.3, 0.4) is 0 Å². The monoisotopic (exact) mass is 269 g/mol. The maximum Gasteiger partial charge on any atom is 0.170 e. The van der Waals surface area contributed by atoms with Crippen LogP contribution < -0.4 is 10.2 Å². The van der Waals surface area contributed by atoms with Gasteiger partial charge in [-0.3, -0.25) is 0 Å². The Hall–Kier alpha value is -0.810. The van der Waals surface area contributed by atoms with Gasteiger partial charge in [-0.1, -0.05) is 13.8 Å². The molecule has 100 valence electrons. The van der Waals surface area contributed by atoms with E-state index in [0.717, 1.165) is 24.6 Å². The molecule has 1 aliphatic rings. The molecule has 1 N–H and O–H groups in total. The lowest BCUT2D eigenvalue weighted by Gasteiger charge is -2.28. The Bertz CT molecular complexity index is 392. The second kappa shape index (κ2) is 6.38. The largest absolute Gasteiger partial charge is 0.353 e. The van der Waals surface area contributed by atoms with Crippen molar-refractivity contribution in [3.05, 3.63) is 23.6 Å². The molecule has 1 aromatic rings. The molecule has 18 heavy (non-hydrogen) atoms. The summed E-state index contributed by atoms with van der Waals surface area (Å²) in [6, 6.07) is 2.11. The normalized spacial score (nSPS) is 16.3. The van der Waals surface area contributed by atoms with Crippen LogP contribution in [0.25, 0.3) is 0 Å². The summed E-state index contributed by atoms with van der Waals surface area (Å²) in [6.07, 6.45) is 1.71. The van der Waals surface area contributed by atoms with E-state index in [-0.39, 0.29) is 5.82 Å². The third-order valence-corrected chi connectivity index (χ3v) is 3.90. The molecule has 0 saturated carbocycles. The fourth-order valence-electron chi connectivity index (χ4n) is 1.92. The highest BCUT2D eigenvalue weighted by Gasteiger charge is 2.18. The second-order valence-electron chi connectivity index (χ2n) is 4.74. The quantitative estimate of drug-likeness (QED) is 0.907. The molecule has 0 aromatic carbocycles. The highest BCUT2D eigenvalue weighted by Crippen LogP contribution is 2.22. The average Bonchev–Trinajstić information content (AvgIpc) is 2.38. The molecular formula is C13H20FN3S. The summed E-state index contributed by atoms with van der Waals surface area (Å²) in [5.41, 5.74) is 0.701. The van der Waals surface area contributed by atoms with Crippen LogP contribution >= 0.6 is 11.8 Å². The van der Waals surface area contributed by atoms with Crippen LogP contribution in [0.1, 0.15) is 19.4 Å². The highest BCUT2D eigenvalue weighted by atomic mass is 32.2. The van der Waals surface area contributed by atoms with E-state index in [1.54, 1.807) is 12.3 Å². The molecule has 1 fully saturated rings. The zero-order valence-corrected chi connectivity index (χ0v) is 11.8. The maximum atomic E-state index is 14.4. The Morgan fingerprint density at radius 3 is 2.83 bits per heavy atom. The number of nitrogens with one attached hydrogen (secondary N) is 1. The molecule has 0 radical (unpaired) electrons. The maximum absolute atomic E-state index is 14.4. The molecule has 3 nitrogen and oxygen atoms in total. The zero-order chi connectivity index (χ0) is 13.0. The molecule has 1 saturated heterocycles. The van der Waals surface area contributed by atoms with Gasteiger partial charge in [-0.25, -0.2) is 9.37 Å². The van der Waals surface area contributed by atoms with Crippen molar-refractivity contribution in [2.75, 3.05) is 29.5 Å². The number of anilines is 1. The van der Waals surface area contributed by atoms with E-state index >= 15 is 0 Å². The first kappa shape index (κ1) is 13.6. The Balaban J connectivity index is 2.13. The van der Waals surface area contributed by atoms with E-state index in [1.165, 1.54) is 0 Å². The summed E-state index contributed by atoms with van der Waals surface area (Å²) in [4.78, 5) is 6.25. The Morgan fingerprint density at radius 2 is 2.17 bits per heavy atom. The fraction of sp³-hybridized carbons (Fsp3) is 0.615. The predicted octanol–water partition coefficient (Wildman–Crippen LogP) is 2.27. The van der Waals surface area contributed by atoms with Gasteiger partial charge in [0.1, 0.15) is 0 Å². The van der Waals surface area contributed by atoms with Crippen molar-refractivity contribution in [1.29, 1.82) is 0 Å². The Labute approximate surface area is 112 Å². The number of rotatable bonds is 4. The number of aromatic nitrogens is 1. The number of halogens is 1. The molecule has 0 unspecified atom stereocenters. The van der Waals surface area contributed by atoms with E-state index in [2.05, 4.69) is 24.1 Å². The minimum atomic E-state index is -0.169. The first-order valence-corrected chi connectivity index (χ1v) is 7.53. The first-order chi connectivity index (χ1) is 8.68. The molecule has 2 heterocycles. The smallest absolute Gasteiger partial charge is 0.170 e. The molecule has 1 aromatic heterocycles. The van der Waals surface area contributed by atoms with Gasteiger partial charge in [0, 0.05) is 48.9 Å². The molecular weight excluding hydrogens is 249 g/mol. The van der Waals surface area contributed by atoms with Crippen LogP contribution in [-0.4, -0.2) is 35.6 Å². The molecule has 5 heteroatoms. The van der Waals surface area contributed by atoms with E-state index in [4.69, 9.17) is 0 Å². The van der Waals surface area contributed by atoms with Crippen molar-refractivity contribution in [3.8, 4) is 0 Å². The number of pyridine rings is 1. The van der Waals surface area contributed by atoms with Crippen molar-refractivity contribution in [1.82, 2.24) is 10.3 Å². The molecule has 1 aliphatic heterocycles. The molecule has 0 amide bonds. The van der Waals surface area contributed by atoms with Gasteiger partial charge in [0.05, 0.1) is 0 Å². The third kappa shape index (κ3) is 3.36. The van der Waals surface area contributed by atoms with Gasteiger partial charge in [0.25, 0.3) is 0 Å².